The maximum atomic E-state index is 11.2. The number of hydrogen-bond donors (Lipinski definition) is 1. The minimum Gasteiger partial charge on any atom is -0.326 e. The summed E-state index contributed by atoms with van der Waals surface area (Å²) in [6.07, 6.45) is 1.84. The second-order valence-corrected chi connectivity index (χ2v) is 6.18. The summed E-state index contributed by atoms with van der Waals surface area (Å²) in [4.78, 5) is 20.2. The van der Waals surface area contributed by atoms with Gasteiger partial charge in [-0.3, -0.25) is 4.79 Å². The van der Waals surface area contributed by atoms with Gasteiger partial charge in [0.25, 0.3) is 0 Å². The van der Waals surface area contributed by atoms with Gasteiger partial charge in [-0.2, -0.15) is 0 Å². The number of fused-ring (bicyclic) bond motifs is 1. The lowest BCUT2D eigenvalue weighted by Crippen LogP contribution is -2.22. The molecule has 3 rings (SSSR count). The van der Waals surface area contributed by atoms with E-state index in [0.717, 1.165) is 33.9 Å². The van der Waals surface area contributed by atoms with Gasteiger partial charge in [-0.05, 0) is 30.7 Å². The highest BCUT2D eigenvalue weighted by Crippen LogP contribution is 2.40. The number of hydrogen-bond acceptors (Lipinski definition) is 3. The van der Waals surface area contributed by atoms with Crippen LogP contribution < -0.4 is 5.32 Å². The molecule has 2 heterocycles. The van der Waals surface area contributed by atoms with Gasteiger partial charge in [0.15, 0.2) is 5.82 Å². The predicted molar refractivity (Wildman–Crippen MR) is 89.8 cm³/mol. The number of rotatable bonds is 2. The molecule has 0 spiro atoms. The van der Waals surface area contributed by atoms with Crippen LogP contribution in [-0.4, -0.2) is 16.6 Å². The second kappa shape index (κ2) is 5.05. The average Bonchev–Trinajstić information content (AvgIpc) is 2.68. The van der Waals surface area contributed by atoms with Crippen molar-refractivity contribution in [2.45, 2.75) is 33.1 Å². The summed E-state index contributed by atoms with van der Waals surface area (Å²) < 4.78 is 0. The standard InChI is InChI=1S/C18H19N3O/c1-11-18(3,4)16-9-14(10-19-17(16)20-11)13-6-5-7-15(8-13)21-12(2)22/h5-10H,1-4H3,(H,21,22). The first-order valence-corrected chi connectivity index (χ1v) is 7.32. The third-order valence-electron chi connectivity index (χ3n) is 4.23. The molecule has 4 nitrogen and oxygen atoms in total. The molecule has 0 radical (unpaired) electrons. The van der Waals surface area contributed by atoms with Crippen molar-refractivity contribution in [3.63, 3.8) is 0 Å². The highest BCUT2D eigenvalue weighted by atomic mass is 16.1. The molecule has 0 saturated carbocycles. The van der Waals surface area contributed by atoms with Crippen LogP contribution in [0.2, 0.25) is 0 Å². The quantitative estimate of drug-likeness (QED) is 0.906. The maximum absolute atomic E-state index is 11.2. The lowest BCUT2D eigenvalue weighted by molar-refractivity contribution is -0.114. The van der Waals surface area contributed by atoms with Crippen molar-refractivity contribution in [2.75, 3.05) is 5.32 Å². The van der Waals surface area contributed by atoms with Crippen LogP contribution in [0.5, 0.6) is 0 Å². The average molecular weight is 293 g/mol. The predicted octanol–water partition coefficient (Wildman–Crippen LogP) is 4.09. The van der Waals surface area contributed by atoms with E-state index in [2.05, 4.69) is 35.2 Å². The Hall–Kier alpha value is -2.49. The molecule has 1 N–H and O–H groups in total. The Bertz CT molecular complexity index is 791. The van der Waals surface area contributed by atoms with E-state index in [1.807, 2.05) is 37.4 Å². The van der Waals surface area contributed by atoms with E-state index in [1.54, 1.807) is 0 Å². The summed E-state index contributed by atoms with van der Waals surface area (Å²) in [5.74, 6) is 0.735. The summed E-state index contributed by atoms with van der Waals surface area (Å²) >= 11 is 0. The highest BCUT2D eigenvalue weighted by Gasteiger charge is 2.33. The molecule has 1 aromatic carbocycles. The number of carbonyl (C=O) groups excluding carboxylic acids is 1. The Balaban J connectivity index is 2.02. The number of carbonyl (C=O) groups is 1. The lowest BCUT2D eigenvalue weighted by Gasteiger charge is -2.20. The molecule has 4 heteroatoms. The molecule has 0 bridgehead atoms. The zero-order valence-corrected chi connectivity index (χ0v) is 13.3. The number of nitrogens with one attached hydrogen (secondary N) is 1. The van der Waals surface area contributed by atoms with E-state index in [-0.39, 0.29) is 11.3 Å². The lowest BCUT2D eigenvalue weighted by atomic mass is 9.82. The fourth-order valence-corrected chi connectivity index (χ4v) is 2.64. The molecule has 112 valence electrons. The number of nitrogens with zero attached hydrogens (tertiary/aromatic N) is 2. The second-order valence-electron chi connectivity index (χ2n) is 6.18. The number of benzene rings is 1. The fourth-order valence-electron chi connectivity index (χ4n) is 2.64. The minimum absolute atomic E-state index is 0.0746. The third kappa shape index (κ3) is 2.41. The first kappa shape index (κ1) is 14.4. The molecule has 1 aliphatic heterocycles. The summed E-state index contributed by atoms with van der Waals surface area (Å²) in [5, 5.41) is 2.81. The minimum atomic E-state index is -0.0897. The van der Waals surface area contributed by atoms with Gasteiger partial charge in [0.2, 0.25) is 5.91 Å². The van der Waals surface area contributed by atoms with Crippen LogP contribution in [0.15, 0.2) is 41.5 Å². The Morgan fingerprint density at radius 3 is 2.68 bits per heavy atom. The molecule has 1 aliphatic rings. The van der Waals surface area contributed by atoms with E-state index in [0.29, 0.717) is 0 Å². The van der Waals surface area contributed by atoms with Crippen molar-refractivity contribution in [1.82, 2.24) is 4.98 Å². The van der Waals surface area contributed by atoms with Gasteiger partial charge in [-0.1, -0.05) is 26.0 Å². The molecule has 0 aliphatic carbocycles. The van der Waals surface area contributed by atoms with Crippen molar-refractivity contribution in [2.24, 2.45) is 4.99 Å². The molecule has 0 saturated heterocycles. The molecule has 0 unspecified atom stereocenters. The molecule has 1 amide bonds. The van der Waals surface area contributed by atoms with Gasteiger partial charge >= 0.3 is 0 Å². The number of anilines is 1. The first-order chi connectivity index (χ1) is 10.4. The van der Waals surface area contributed by atoms with Gasteiger partial charge in [0, 0.05) is 41.1 Å². The van der Waals surface area contributed by atoms with Crippen LogP contribution in [0, 0.1) is 0 Å². The van der Waals surface area contributed by atoms with E-state index in [4.69, 9.17) is 0 Å². The van der Waals surface area contributed by atoms with Crippen molar-refractivity contribution >= 4 is 23.1 Å². The zero-order chi connectivity index (χ0) is 15.9. The van der Waals surface area contributed by atoms with E-state index < -0.39 is 0 Å². The van der Waals surface area contributed by atoms with E-state index >= 15 is 0 Å². The molecular weight excluding hydrogens is 274 g/mol. The monoisotopic (exact) mass is 293 g/mol. The van der Waals surface area contributed by atoms with Crippen LogP contribution in [0.3, 0.4) is 0 Å². The Labute approximate surface area is 130 Å². The zero-order valence-electron chi connectivity index (χ0n) is 13.3. The molecule has 2 aromatic rings. The normalized spacial score (nSPS) is 15.2. The third-order valence-corrected chi connectivity index (χ3v) is 4.23. The highest BCUT2D eigenvalue weighted by molar-refractivity contribution is 5.99. The molecular formula is C18H19N3O. The molecule has 0 atom stereocenters. The number of aromatic nitrogens is 1. The Morgan fingerprint density at radius 2 is 1.95 bits per heavy atom. The number of aliphatic imine (C=N–C) groups is 1. The van der Waals surface area contributed by atoms with Gasteiger partial charge < -0.3 is 5.32 Å². The molecule has 1 aromatic heterocycles. The molecule has 22 heavy (non-hydrogen) atoms. The summed E-state index contributed by atoms with van der Waals surface area (Å²) in [6.45, 7) is 7.87. The van der Waals surface area contributed by atoms with Gasteiger partial charge in [0.1, 0.15) is 0 Å². The van der Waals surface area contributed by atoms with Gasteiger partial charge in [-0.25, -0.2) is 9.98 Å². The Morgan fingerprint density at radius 1 is 1.18 bits per heavy atom. The van der Waals surface area contributed by atoms with Crippen LogP contribution in [0.4, 0.5) is 11.5 Å². The van der Waals surface area contributed by atoms with Crippen molar-refractivity contribution < 1.29 is 4.79 Å². The van der Waals surface area contributed by atoms with Crippen LogP contribution in [-0.2, 0) is 10.2 Å². The van der Waals surface area contributed by atoms with Crippen LogP contribution in [0.1, 0.15) is 33.3 Å². The van der Waals surface area contributed by atoms with Crippen LogP contribution in [0.25, 0.3) is 11.1 Å². The number of pyridine rings is 1. The summed E-state index contributed by atoms with van der Waals surface area (Å²) in [6, 6.07) is 9.93. The van der Waals surface area contributed by atoms with Gasteiger partial charge in [0.05, 0.1) is 0 Å². The van der Waals surface area contributed by atoms with E-state index in [9.17, 15) is 4.79 Å². The van der Waals surface area contributed by atoms with Crippen molar-refractivity contribution in [3.05, 3.63) is 42.1 Å². The fraction of sp³-hybridized carbons (Fsp3) is 0.278. The smallest absolute Gasteiger partial charge is 0.221 e. The van der Waals surface area contributed by atoms with Crippen molar-refractivity contribution in [3.8, 4) is 11.1 Å². The summed E-state index contributed by atoms with van der Waals surface area (Å²) in [7, 11) is 0. The summed E-state index contributed by atoms with van der Waals surface area (Å²) in [5.41, 5.74) is 4.99. The van der Waals surface area contributed by atoms with Crippen LogP contribution >= 0.6 is 0 Å². The first-order valence-electron chi connectivity index (χ1n) is 7.32. The maximum Gasteiger partial charge on any atom is 0.221 e. The number of amides is 1. The topological polar surface area (TPSA) is 54.4 Å². The molecule has 0 fully saturated rings. The Kier molecular flexibility index (Phi) is 3.32. The van der Waals surface area contributed by atoms with E-state index in [1.165, 1.54) is 6.92 Å². The van der Waals surface area contributed by atoms with Crippen molar-refractivity contribution in [1.29, 1.82) is 0 Å². The SMILES string of the molecule is CC(=O)Nc1cccc(-c2cnc3c(c2)C(C)(C)C(C)=N3)c1. The largest absolute Gasteiger partial charge is 0.326 e. The van der Waals surface area contributed by atoms with Gasteiger partial charge in [-0.15, -0.1) is 0 Å².